The Balaban J connectivity index is 2.02. The summed E-state index contributed by atoms with van der Waals surface area (Å²) in [5.74, 6) is 1.19. The fourth-order valence-electron chi connectivity index (χ4n) is 2.61. The molecule has 0 atom stereocenters. The molecule has 0 saturated carbocycles. The first-order chi connectivity index (χ1) is 11.7. The third kappa shape index (κ3) is 4.84. The molecule has 0 aliphatic heterocycles. The Kier molecular flexibility index (Phi) is 5.88. The standard InChI is InChI=1S/C20H29N3O2/c1-7-23(8-2)16-11-9-15(10-12-16)22-18(24)13-17-14(3)21-19(25-17)20(4,5)6/h9-12H,7-8,13H2,1-6H3,(H,22,24). The van der Waals surface area contributed by atoms with Crippen molar-refractivity contribution in [2.45, 2.75) is 53.4 Å². The van der Waals surface area contributed by atoms with E-state index in [1.807, 2.05) is 52.0 Å². The zero-order valence-electron chi connectivity index (χ0n) is 16.1. The van der Waals surface area contributed by atoms with Gasteiger partial charge < -0.3 is 14.6 Å². The van der Waals surface area contributed by atoms with E-state index in [0.29, 0.717) is 11.7 Å². The Labute approximate surface area is 150 Å². The maximum Gasteiger partial charge on any atom is 0.232 e. The van der Waals surface area contributed by atoms with Crippen LogP contribution in [0.3, 0.4) is 0 Å². The second kappa shape index (κ2) is 7.72. The van der Waals surface area contributed by atoms with E-state index in [0.717, 1.165) is 30.2 Å². The van der Waals surface area contributed by atoms with Gasteiger partial charge in [-0.1, -0.05) is 20.8 Å². The van der Waals surface area contributed by atoms with Crippen molar-refractivity contribution >= 4 is 17.3 Å². The van der Waals surface area contributed by atoms with Gasteiger partial charge >= 0.3 is 0 Å². The normalized spacial score (nSPS) is 11.4. The summed E-state index contributed by atoms with van der Waals surface area (Å²) in [7, 11) is 0. The summed E-state index contributed by atoms with van der Waals surface area (Å²) in [5, 5.41) is 2.92. The first-order valence-electron chi connectivity index (χ1n) is 8.86. The van der Waals surface area contributed by atoms with Crippen LogP contribution in [0.2, 0.25) is 0 Å². The fourth-order valence-corrected chi connectivity index (χ4v) is 2.61. The van der Waals surface area contributed by atoms with E-state index in [1.165, 1.54) is 0 Å². The average molecular weight is 343 g/mol. The molecule has 1 N–H and O–H groups in total. The van der Waals surface area contributed by atoms with Gasteiger partial charge in [0.2, 0.25) is 5.91 Å². The first-order valence-corrected chi connectivity index (χ1v) is 8.86. The SMILES string of the molecule is CCN(CC)c1ccc(NC(=O)Cc2oc(C(C)(C)C)nc2C)cc1. The largest absolute Gasteiger partial charge is 0.444 e. The van der Waals surface area contributed by atoms with Crippen molar-refractivity contribution in [3.05, 3.63) is 41.6 Å². The average Bonchev–Trinajstić information content (AvgIpc) is 2.91. The summed E-state index contributed by atoms with van der Waals surface area (Å²) in [6.45, 7) is 14.2. The fraction of sp³-hybridized carbons (Fsp3) is 0.500. The van der Waals surface area contributed by atoms with Gasteiger partial charge in [0.05, 0.1) is 12.1 Å². The van der Waals surface area contributed by atoms with Crippen molar-refractivity contribution in [3.8, 4) is 0 Å². The molecule has 2 rings (SSSR count). The predicted octanol–water partition coefficient (Wildman–Crippen LogP) is 4.31. The Morgan fingerprint density at radius 3 is 2.24 bits per heavy atom. The van der Waals surface area contributed by atoms with E-state index >= 15 is 0 Å². The van der Waals surface area contributed by atoms with Crippen molar-refractivity contribution in [1.29, 1.82) is 0 Å². The van der Waals surface area contributed by atoms with Crippen LogP contribution in [-0.2, 0) is 16.6 Å². The third-order valence-corrected chi connectivity index (χ3v) is 4.14. The van der Waals surface area contributed by atoms with Gasteiger partial charge in [0.25, 0.3) is 0 Å². The highest BCUT2D eigenvalue weighted by Crippen LogP contribution is 2.24. The quantitative estimate of drug-likeness (QED) is 0.849. The van der Waals surface area contributed by atoms with Gasteiger partial charge in [-0.05, 0) is 45.0 Å². The summed E-state index contributed by atoms with van der Waals surface area (Å²) in [6, 6.07) is 7.92. The predicted molar refractivity (Wildman–Crippen MR) is 102 cm³/mol. The van der Waals surface area contributed by atoms with Crippen LogP contribution in [0.15, 0.2) is 28.7 Å². The Hall–Kier alpha value is -2.30. The van der Waals surface area contributed by atoms with Gasteiger partial charge in [0.15, 0.2) is 5.89 Å². The topological polar surface area (TPSA) is 58.4 Å². The molecule has 0 unspecified atom stereocenters. The lowest BCUT2D eigenvalue weighted by atomic mass is 9.97. The number of hydrogen-bond acceptors (Lipinski definition) is 4. The van der Waals surface area contributed by atoms with E-state index in [4.69, 9.17) is 4.42 Å². The number of carbonyl (C=O) groups is 1. The molecule has 0 aliphatic carbocycles. The number of rotatable bonds is 6. The monoisotopic (exact) mass is 343 g/mol. The van der Waals surface area contributed by atoms with Crippen LogP contribution in [0.1, 0.15) is 52.0 Å². The first kappa shape index (κ1) is 19.0. The number of amides is 1. The van der Waals surface area contributed by atoms with Gasteiger partial charge in [-0.2, -0.15) is 0 Å². The zero-order valence-corrected chi connectivity index (χ0v) is 16.1. The van der Waals surface area contributed by atoms with Crippen LogP contribution < -0.4 is 10.2 Å². The number of nitrogens with zero attached hydrogens (tertiary/aromatic N) is 2. The molecule has 0 saturated heterocycles. The minimum atomic E-state index is -0.167. The molecule has 0 spiro atoms. The molecule has 1 amide bonds. The Morgan fingerprint density at radius 2 is 1.76 bits per heavy atom. The number of aryl methyl sites for hydroxylation is 1. The van der Waals surface area contributed by atoms with Crippen LogP contribution in [0.4, 0.5) is 11.4 Å². The summed E-state index contributed by atoms with van der Waals surface area (Å²) in [4.78, 5) is 19.0. The van der Waals surface area contributed by atoms with Crippen molar-refractivity contribution in [3.63, 3.8) is 0 Å². The highest BCUT2D eigenvalue weighted by molar-refractivity contribution is 5.92. The number of benzene rings is 1. The maximum absolute atomic E-state index is 12.3. The summed E-state index contributed by atoms with van der Waals surface area (Å²) in [5.41, 5.74) is 2.55. The molecule has 1 aromatic carbocycles. The lowest BCUT2D eigenvalue weighted by molar-refractivity contribution is -0.115. The second-order valence-corrected chi connectivity index (χ2v) is 7.22. The number of carbonyl (C=O) groups excluding carboxylic acids is 1. The number of anilines is 2. The molecular weight excluding hydrogens is 314 g/mol. The number of hydrogen-bond donors (Lipinski definition) is 1. The van der Waals surface area contributed by atoms with Gasteiger partial charge in [-0.15, -0.1) is 0 Å². The smallest absolute Gasteiger partial charge is 0.232 e. The molecule has 5 heteroatoms. The minimum Gasteiger partial charge on any atom is -0.444 e. The van der Waals surface area contributed by atoms with Gasteiger partial charge in [0, 0.05) is 29.9 Å². The van der Waals surface area contributed by atoms with E-state index in [1.54, 1.807) is 0 Å². The van der Waals surface area contributed by atoms with E-state index in [2.05, 4.69) is 29.0 Å². The highest BCUT2D eigenvalue weighted by Gasteiger charge is 2.23. The van der Waals surface area contributed by atoms with Crippen LogP contribution in [-0.4, -0.2) is 24.0 Å². The summed E-state index contributed by atoms with van der Waals surface area (Å²) in [6.07, 6.45) is 0.187. The Morgan fingerprint density at radius 1 is 1.16 bits per heavy atom. The van der Waals surface area contributed by atoms with Crippen LogP contribution in [0.5, 0.6) is 0 Å². The van der Waals surface area contributed by atoms with Crippen molar-refractivity contribution < 1.29 is 9.21 Å². The van der Waals surface area contributed by atoms with Crippen LogP contribution >= 0.6 is 0 Å². The zero-order chi connectivity index (χ0) is 18.6. The number of aromatic nitrogens is 1. The molecule has 5 nitrogen and oxygen atoms in total. The minimum absolute atomic E-state index is 0.102. The van der Waals surface area contributed by atoms with Crippen molar-refractivity contribution in [2.75, 3.05) is 23.3 Å². The molecule has 1 aromatic heterocycles. The molecule has 0 bridgehead atoms. The lowest BCUT2D eigenvalue weighted by Gasteiger charge is -2.21. The van der Waals surface area contributed by atoms with Crippen molar-refractivity contribution in [1.82, 2.24) is 4.98 Å². The van der Waals surface area contributed by atoms with Crippen LogP contribution in [0, 0.1) is 6.92 Å². The molecular formula is C20H29N3O2. The highest BCUT2D eigenvalue weighted by atomic mass is 16.4. The second-order valence-electron chi connectivity index (χ2n) is 7.22. The summed E-state index contributed by atoms with van der Waals surface area (Å²) < 4.78 is 5.79. The van der Waals surface area contributed by atoms with E-state index in [-0.39, 0.29) is 17.7 Å². The molecule has 0 aliphatic rings. The molecule has 25 heavy (non-hydrogen) atoms. The maximum atomic E-state index is 12.3. The number of oxazole rings is 1. The van der Waals surface area contributed by atoms with Crippen molar-refractivity contribution in [2.24, 2.45) is 0 Å². The third-order valence-electron chi connectivity index (χ3n) is 4.14. The van der Waals surface area contributed by atoms with E-state index in [9.17, 15) is 4.79 Å². The molecule has 0 radical (unpaired) electrons. The van der Waals surface area contributed by atoms with E-state index < -0.39 is 0 Å². The van der Waals surface area contributed by atoms with Gasteiger partial charge in [0.1, 0.15) is 5.76 Å². The van der Waals surface area contributed by atoms with Crippen LogP contribution in [0.25, 0.3) is 0 Å². The summed E-state index contributed by atoms with van der Waals surface area (Å²) >= 11 is 0. The molecule has 2 aromatic rings. The van der Waals surface area contributed by atoms with Gasteiger partial charge in [-0.25, -0.2) is 4.98 Å². The van der Waals surface area contributed by atoms with Gasteiger partial charge in [-0.3, -0.25) is 4.79 Å². The molecule has 0 fully saturated rings. The molecule has 136 valence electrons. The lowest BCUT2D eigenvalue weighted by Crippen LogP contribution is -2.21. The number of nitrogens with one attached hydrogen (secondary N) is 1. The molecule has 1 heterocycles. The Bertz CT molecular complexity index is 708.